The van der Waals surface area contributed by atoms with E-state index >= 15 is 0 Å². The van der Waals surface area contributed by atoms with Crippen LogP contribution in [0.5, 0.6) is 0 Å². The second kappa shape index (κ2) is 8.38. The van der Waals surface area contributed by atoms with E-state index < -0.39 is 6.04 Å². The van der Waals surface area contributed by atoms with Gasteiger partial charge in [0.15, 0.2) is 0 Å². The fraction of sp³-hybridized carbons (Fsp3) is 0.609. The molecule has 0 radical (unpaired) electrons. The van der Waals surface area contributed by atoms with Crippen LogP contribution in [0.1, 0.15) is 68.3 Å². The Hall–Kier alpha value is -2.41. The molecule has 0 bridgehead atoms. The number of piperidine rings is 1. The van der Waals surface area contributed by atoms with Crippen molar-refractivity contribution in [1.29, 1.82) is 0 Å². The summed E-state index contributed by atoms with van der Waals surface area (Å²) < 4.78 is 0. The molecule has 30 heavy (non-hydrogen) atoms. The van der Waals surface area contributed by atoms with Crippen molar-refractivity contribution in [2.45, 2.75) is 77.0 Å². The molecule has 3 amide bonds. The van der Waals surface area contributed by atoms with Gasteiger partial charge in [-0.05, 0) is 50.2 Å². The van der Waals surface area contributed by atoms with Crippen molar-refractivity contribution in [3.63, 3.8) is 0 Å². The molecule has 1 aliphatic carbocycles. The lowest BCUT2D eigenvalue weighted by atomic mass is 9.89. The second-order valence-corrected chi connectivity index (χ2v) is 9.32. The summed E-state index contributed by atoms with van der Waals surface area (Å²) in [4.78, 5) is 41.2. The highest BCUT2D eigenvalue weighted by atomic mass is 16.2. The first-order chi connectivity index (χ1) is 14.3. The molecular formula is C23H32N4O3. The second-order valence-electron chi connectivity index (χ2n) is 9.32. The Morgan fingerprint density at radius 3 is 2.53 bits per heavy atom. The Morgan fingerprint density at radius 2 is 1.87 bits per heavy atom. The molecule has 1 atom stereocenters. The largest absolute Gasteiger partial charge is 0.368 e. The molecule has 0 aromatic heterocycles. The maximum absolute atomic E-state index is 13.2. The molecule has 3 N–H and O–H groups in total. The summed E-state index contributed by atoms with van der Waals surface area (Å²) in [5.74, 6) is -0.259. The van der Waals surface area contributed by atoms with Crippen molar-refractivity contribution < 1.29 is 14.4 Å². The number of anilines is 1. The number of nitrogens with zero attached hydrogens (tertiary/aromatic N) is 2. The van der Waals surface area contributed by atoms with E-state index in [0.717, 1.165) is 43.5 Å². The Balaban J connectivity index is 1.63. The third kappa shape index (κ3) is 3.95. The van der Waals surface area contributed by atoms with Gasteiger partial charge in [-0.1, -0.05) is 19.9 Å². The number of benzene rings is 1. The number of rotatable bonds is 5. The lowest BCUT2D eigenvalue weighted by Crippen LogP contribution is -2.52. The van der Waals surface area contributed by atoms with Crippen molar-refractivity contribution in [3.8, 4) is 0 Å². The van der Waals surface area contributed by atoms with Gasteiger partial charge in [-0.15, -0.1) is 0 Å². The van der Waals surface area contributed by atoms with E-state index in [4.69, 9.17) is 5.73 Å². The summed E-state index contributed by atoms with van der Waals surface area (Å²) in [6.07, 6.45) is 4.82. The summed E-state index contributed by atoms with van der Waals surface area (Å²) >= 11 is 0. The molecule has 1 aromatic rings. The first kappa shape index (κ1) is 20.8. The van der Waals surface area contributed by atoms with E-state index in [0.29, 0.717) is 30.5 Å². The van der Waals surface area contributed by atoms with Crippen LogP contribution in [-0.4, -0.2) is 47.3 Å². The number of hydrogen-bond donors (Lipinski definition) is 2. The minimum absolute atomic E-state index is 0.114. The quantitative estimate of drug-likeness (QED) is 0.723. The van der Waals surface area contributed by atoms with Crippen LogP contribution in [0.3, 0.4) is 0 Å². The molecule has 1 unspecified atom stereocenters. The van der Waals surface area contributed by atoms with Crippen LogP contribution >= 0.6 is 0 Å². The number of hydrogen-bond acceptors (Lipinski definition) is 5. The van der Waals surface area contributed by atoms with Crippen LogP contribution in [0.2, 0.25) is 0 Å². The van der Waals surface area contributed by atoms with Crippen LogP contribution < -0.4 is 16.0 Å². The zero-order chi connectivity index (χ0) is 21.4. The van der Waals surface area contributed by atoms with Crippen LogP contribution in [0.25, 0.3) is 0 Å². The molecule has 3 aliphatic rings. The average molecular weight is 413 g/mol. The van der Waals surface area contributed by atoms with Crippen molar-refractivity contribution in [1.82, 2.24) is 10.2 Å². The van der Waals surface area contributed by atoms with Gasteiger partial charge in [-0.2, -0.15) is 0 Å². The lowest BCUT2D eigenvalue weighted by molar-refractivity contribution is -0.136. The summed E-state index contributed by atoms with van der Waals surface area (Å²) in [6, 6.07) is 6.03. The molecule has 4 rings (SSSR count). The predicted molar refractivity (Wildman–Crippen MR) is 115 cm³/mol. The predicted octanol–water partition coefficient (Wildman–Crippen LogP) is 2.18. The number of carbonyl (C=O) groups is 3. The van der Waals surface area contributed by atoms with Gasteiger partial charge in [-0.25, -0.2) is 0 Å². The molecule has 1 saturated carbocycles. The first-order valence-corrected chi connectivity index (χ1v) is 11.1. The van der Waals surface area contributed by atoms with Gasteiger partial charge in [0.25, 0.3) is 5.91 Å². The van der Waals surface area contributed by atoms with Gasteiger partial charge >= 0.3 is 0 Å². The number of amides is 3. The van der Waals surface area contributed by atoms with Crippen molar-refractivity contribution in [2.75, 3.05) is 11.4 Å². The SMILES string of the molecule is CC(C)CN(c1cccc2c1CN(C1CCC(=O)NC1=O)C2=O)C1CCC(N)CC1. The highest BCUT2D eigenvalue weighted by Crippen LogP contribution is 2.37. The summed E-state index contributed by atoms with van der Waals surface area (Å²) in [5, 5.41) is 2.38. The van der Waals surface area contributed by atoms with E-state index in [1.165, 1.54) is 0 Å². The van der Waals surface area contributed by atoms with Crippen molar-refractivity contribution in [2.24, 2.45) is 11.7 Å². The number of fused-ring (bicyclic) bond motifs is 1. The van der Waals surface area contributed by atoms with E-state index in [-0.39, 0.29) is 30.2 Å². The molecule has 0 spiro atoms. The minimum atomic E-state index is -0.582. The number of nitrogens with one attached hydrogen (secondary N) is 1. The maximum atomic E-state index is 13.2. The molecule has 2 heterocycles. The smallest absolute Gasteiger partial charge is 0.255 e. The van der Waals surface area contributed by atoms with Gasteiger partial charge in [0.05, 0.1) is 0 Å². The normalized spacial score (nSPS) is 26.7. The maximum Gasteiger partial charge on any atom is 0.255 e. The van der Waals surface area contributed by atoms with E-state index in [9.17, 15) is 14.4 Å². The summed E-state index contributed by atoms with van der Waals surface area (Å²) in [6.45, 7) is 5.76. The van der Waals surface area contributed by atoms with E-state index in [1.807, 2.05) is 12.1 Å². The molecule has 2 fully saturated rings. The Labute approximate surface area is 178 Å². The van der Waals surface area contributed by atoms with Gasteiger partial charge in [-0.3, -0.25) is 19.7 Å². The number of nitrogens with two attached hydrogens (primary N) is 1. The minimum Gasteiger partial charge on any atom is -0.368 e. The van der Waals surface area contributed by atoms with Crippen LogP contribution in [-0.2, 0) is 16.1 Å². The molecule has 1 aromatic carbocycles. The molecule has 1 saturated heterocycles. The van der Waals surface area contributed by atoms with Crippen LogP contribution in [0.15, 0.2) is 18.2 Å². The fourth-order valence-corrected chi connectivity index (χ4v) is 5.09. The zero-order valence-electron chi connectivity index (χ0n) is 17.9. The molecule has 162 valence electrons. The standard InChI is InChI=1S/C23H32N4O3/c1-14(2)12-26(16-8-6-15(24)7-9-16)19-5-3-4-17-18(19)13-27(23(17)30)20-10-11-21(28)25-22(20)29/h3-5,14-16,20H,6-13,24H2,1-2H3,(H,25,28,29). The number of imide groups is 1. The third-order valence-electron chi connectivity index (χ3n) is 6.61. The van der Waals surface area contributed by atoms with E-state index in [2.05, 4.69) is 30.1 Å². The Kier molecular flexibility index (Phi) is 5.82. The molecular weight excluding hydrogens is 380 g/mol. The molecule has 7 heteroatoms. The van der Waals surface area contributed by atoms with Crippen molar-refractivity contribution in [3.05, 3.63) is 29.3 Å². The van der Waals surface area contributed by atoms with Crippen LogP contribution in [0, 0.1) is 5.92 Å². The average Bonchev–Trinajstić information content (AvgIpc) is 3.04. The van der Waals surface area contributed by atoms with Gasteiger partial charge in [0, 0.05) is 48.4 Å². The lowest BCUT2D eigenvalue weighted by Gasteiger charge is -2.39. The zero-order valence-corrected chi connectivity index (χ0v) is 17.9. The van der Waals surface area contributed by atoms with E-state index in [1.54, 1.807) is 4.90 Å². The highest BCUT2D eigenvalue weighted by molar-refractivity contribution is 6.06. The Bertz CT molecular complexity index is 845. The first-order valence-electron chi connectivity index (χ1n) is 11.1. The van der Waals surface area contributed by atoms with Gasteiger partial charge in [0.2, 0.25) is 11.8 Å². The topological polar surface area (TPSA) is 95.7 Å². The fourth-order valence-electron chi connectivity index (χ4n) is 5.09. The monoisotopic (exact) mass is 412 g/mol. The van der Waals surface area contributed by atoms with Gasteiger partial charge in [0.1, 0.15) is 6.04 Å². The summed E-state index contributed by atoms with van der Waals surface area (Å²) in [5.41, 5.74) is 8.92. The van der Waals surface area contributed by atoms with Gasteiger partial charge < -0.3 is 15.5 Å². The van der Waals surface area contributed by atoms with Crippen LogP contribution in [0.4, 0.5) is 5.69 Å². The Morgan fingerprint density at radius 1 is 1.13 bits per heavy atom. The number of carbonyl (C=O) groups excluding carboxylic acids is 3. The third-order valence-corrected chi connectivity index (χ3v) is 6.61. The highest BCUT2D eigenvalue weighted by Gasteiger charge is 2.40. The molecule has 2 aliphatic heterocycles. The molecule has 7 nitrogen and oxygen atoms in total. The van der Waals surface area contributed by atoms with Crippen molar-refractivity contribution >= 4 is 23.4 Å². The summed E-state index contributed by atoms with van der Waals surface area (Å²) in [7, 11) is 0.